The summed E-state index contributed by atoms with van der Waals surface area (Å²) in [6.45, 7) is 11.2. The molecule has 5 fully saturated rings. The van der Waals surface area contributed by atoms with Crippen LogP contribution in [-0.4, -0.2) is 29.6 Å². The fraction of sp³-hybridized carbons (Fsp3) is 0.926. The van der Waals surface area contributed by atoms with E-state index in [2.05, 4.69) is 39.1 Å². The van der Waals surface area contributed by atoms with E-state index in [0.29, 0.717) is 22.9 Å². The molecule has 0 aromatic heterocycles. The van der Waals surface area contributed by atoms with E-state index in [-0.39, 0.29) is 11.8 Å². The van der Waals surface area contributed by atoms with Gasteiger partial charge in [-0.25, -0.2) is 0 Å². The van der Waals surface area contributed by atoms with E-state index in [0.717, 1.165) is 49.0 Å². The predicted octanol–water partition coefficient (Wildman–Crippen LogP) is 5.29. The molecular formula is C27H43NO2. The molecule has 0 unspecified atom stereocenters. The zero-order chi connectivity index (χ0) is 20.9. The van der Waals surface area contributed by atoms with Crippen LogP contribution in [0.15, 0.2) is 11.6 Å². The molecule has 168 valence electrons. The van der Waals surface area contributed by atoms with Gasteiger partial charge in [0.15, 0.2) is 0 Å². The highest BCUT2D eigenvalue weighted by Gasteiger charge is 2.68. The van der Waals surface area contributed by atoms with Gasteiger partial charge in [0.1, 0.15) is 5.72 Å². The van der Waals surface area contributed by atoms with E-state index in [1.54, 1.807) is 5.57 Å². The Bertz CT molecular complexity index is 739. The molecular weight excluding hydrogens is 370 g/mol. The van der Waals surface area contributed by atoms with E-state index >= 15 is 0 Å². The molecule has 2 aliphatic heterocycles. The van der Waals surface area contributed by atoms with Gasteiger partial charge in [-0.2, -0.15) is 0 Å². The minimum absolute atomic E-state index is 0.0439. The number of rotatable bonds is 0. The summed E-state index contributed by atoms with van der Waals surface area (Å²) in [5.41, 5.74) is 2.33. The SMILES string of the molecule is C[C@@H]1CC[C@@]2(NC1)O[C@@H]1C[C@@H]3[C@@H]4CC=C5C[C@@H](O)CC[C@@]5(C)[C@H]4CC[C@@]3(C)[C@H]1[C@@H]2C. The van der Waals surface area contributed by atoms with Crippen LogP contribution in [0.5, 0.6) is 0 Å². The van der Waals surface area contributed by atoms with Crippen molar-refractivity contribution in [1.82, 2.24) is 5.32 Å². The number of nitrogens with one attached hydrogen (secondary N) is 1. The standard InChI is InChI=1S/C27H43NO2/c1-16-7-12-27(28-15-16)17(2)24-23(30-27)14-22-20-6-5-18-13-19(29)8-10-25(18,3)21(20)9-11-26(22,24)4/h5,16-17,19-24,28-29H,6-15H2,1-4H3/t16-,17+,19+,20-,21+,22-,23-,24+,25-,26-,27-/m1/s1. The second kappa shape index (κ2) is 6.58. The molecule has 2 saturated heterocycles. The summed E-state index contributed by atoms with van der Waals surface area (Å²) in [6.07, 6.45) is 13.8. The van der Waals surface area contributed by atoms with Gasteiger partial charge in [-0.05, 0) is 98.2 Å². The fourth-order valence-corrected chi connectivity index (χ4v) is 9.84. The predicted molar refractivity (Wildman–Crippen MR) is 120 cm³/mol. The minimum Gasteiger partial charge on any atom is -0.393 e. The molecule has 0 aromatic carbocycles. The van der Waals surface area contributed by atoms with Crippen molar-refractivity contribution in [2.24, 2.45) is 46.3 Å². The third-order valence-electron chi connectivity index (χ3n) is 11.6. The van der Waals surface area contributed by atoms with Crippen LogP contribution in [-0.2, 0) is 4.74 Å². The third-order valence-corrected chi connectivity index (χ3v) is 11.6. The van der Waals surface area contributed by atoms with Crippen molar-refractivity contribution < 1.29 is 9.84 Å². The Morgan fingerprint density at radius 1 is 1.07 bits per heavy atom. The van der Waals surface area contributed by atoms with Crippen molar-refractivity contribution >= 4 is 0 Å². The van der Waals surface area contributed by atoms with Gasteiger partial charge < -0.3 is 9.84 Å². The largest absolute Gasteiger partial charge is 0.393 e. The number of fused-ring (bicyclic) bond motifs is 7. The fourth-order valence-electron chi connectivity index (χ4n) is 9.84. The Kier molecular flexibility index (Phi) is 4.44. The Morgan fingerprint density at radius 2 is 1.90 bits per heavy atom. The Morgan fingerprint density at radius 3 is 2.67 bits per heavy atom. The Labute approximate surface area is 183 Å². The molecule has 6 rings (SSSR count). The number of ether oxygens (including phenoxy) is 1. The first-order valence-corrected chi connectivity index (χ1v) is 13.1. The van der Waals surface area contributed by atoms with E-state index < -0.39 is 0 Å². The molecule has 1 spiro atoms. The van der Waals surface area contributed by atoms with Gasteiger partial charge in [0.05, 0.1) is 12.2 Å². The van der Waals surface area contributed by atoms with Crippen LogP contribution < -0.4 is 5.32 Å². The summed E-state index contributed by atoms with van der Waals surface area (Å²) in [5.74, 6) is 4.58. The molecule has 4 aliphatic carbocycles. The molecule has 30 heavy (non-hydrogen) atoms. The number of allylic oxidation sites excluding steroid dienone is 1. The highest BCUT2D eigenvalue weighted by atomic mass is 16.5. The van der Waals surface area contributed by atoms with Gasteiger partial charge in [0.2, 0.25) is 0 Å². The lowest BCUT2D eigenvalue weighted by molar-refractivity contribution is -0.115. The second-order valence-electron chi connectivity index (χ2n) is 12.8. The van der Waals surface area contributed by atoms with E-state index in [1.165, 1.54) is 44.9 Å². The van der Waals surface area contributed by atoms with Crippen LogP contribution in [0.25, 0.3) is 0 Å². The molecule has 0 aromatic rings. The summed E-state index contributed by atoms with van der Waals surface area (Å²) < 4.78 is 7.00. The smallest absolute Gasteiger partial charge is 0.122 e. The summed E-state index contributed by atoms with van der Waals surface area (Å²) in [7, 11) is 0. The molecule has 2 heterocycles. The number of aliphatic hydroxyl groups excluding tert-OH is 1. The summed E-state index contributed by atoms with van der Waals surface area (Å²) in [5, 5.41) is 14.1. The lowest BCUT2D eigenvalue weighted by Crippen LogP contribution is -2.57. The van der Waals surface area contributed by atoms with Crippen molar-refractivity contribution in [2.75, 3.05) is 6.54 Å². The molecule has 11 atom stereocenters. The topological polar surface area (TPSA) is 41.5 Å². The lowest BCUT2D eigenvalue weighted by Gasteiger charge is -2.58. The molecule has 0 amide bonds. The van der Waals surface area contributed by atoms with Gasteiger partial charge in [-0.15, -0.1) is 0 Å². The second-order valence-corrected chi connectivity index (χ2v) is 12.8. The zero-order valence-electron chi connectivity index (χ0n) is 19.6. The number of hydrogen-bond donors (Lipinski definition) is 2. The highest BCUT2D eigenvalue weighted by molar-refractivity contribution is 5.26. The van der Waals surface area contributed by atoms with Crippen molar-refractivity contribution in [3.8, 4) is 0 Å². The number of aliphatic hydroxyl groups is 1. The normalized spacial score (nSPS) is 59.8. The van der Waals surface area contributed by atoms with Crippen molar-refractivity contribution in [3.63, 3.8) is 0 Å². The van der Waals surface area contributed by atoms with Crippen LogP contribution in [0.2, 0.25) is 0 Å². The first-order valence-electron chi connectivity index (χ1n) is 13.1. The monoisotopic (exact) mass is 413 g/mol. The molecule has 3 heteroatoms. The highest BCUT2D eigenvalue weighted by Crippen LogP contribution is 2.70. The van der Waals surface area contributed by atoms with E-state index in [4.69, 9.17) is 4.74 Å². The number of piperidine rings is 1. The first-order chi connectivity index (χ1) is 14.3. The van der Waals surface area contributed by atoms with Crippen molar-refractivity contribution in [3.05, 3.63) is 11.6 Å². The van der Waals surface area contributed by atoms with Gasteiger partial charge in [-0.1, -0.05) is 39.3 Å². The van der Waals surface area contributed by atoms with Crippen LogP contribution in [0.1, 0.15) is 85.5 Å². The average molecular weight is 414 g/mol. The summed E-state index contributed by atoms with van der Waals surface area (Å²) in [6, 6.07) is 0. The average Bonchev–Trinajstić information content (AvgIpc) is 3.16. The van der Waals surface area contributed by atoms with Crippen molar-refractivity contribution in [1.29, 1.82) is 0 Å². The third kappa shape index (κ3) is 2.55. The van der Waals surface area contributed by atoms with Crippen LogP contribution >= 0.6 is 0 Å². The Hall–Kier alpha value is -0.380. The summed E-state index contributed by atoms with van der Waals surface area (Å²) >= 11 is 0. The zero-order valence-corrected chi connectivity index (χ0v) is 19.6. The maximum absolute atomic E-state index is 10.3. The molecule has 2 N–H and O–H groups in total. The quantitative estimate of drug-likeness (QED) is 0.530. The molecule has 0 bridgehead atoms. The molecule has 3 nitrogen and oxygen atoms in total. The maximum atomic E-state index is 10.3. The van der Waals surface area contributed by atoms with Gasteiger partial charge in [0.25, 0.3) is 0 Å². The van der Waals surface area contributed by atoms with Gasteiger partial charge in [-0.3, -0.25) is 5.32 Å². The lowest BCUT2D eigenvalue weighted by atomic mass is 9.47. The summed E-state index contributed by atoms with van der Waals surface area (Å²) in [4.78, 5) is 0. The van der Waals surface area contributed by atoms with Gasteiger partial charge in [0, 0.05) is 12.5 Å². The van der Waals surface area contributed by atoms with E-state index in [9.17, 15) is 5.11 Å². The van der Waals surface area contributed by atoms with Crippen molar-refractivity contribution in [2.45, 2.75) is 103 Å². The van der Waals surface area contributed by atoms with Crippen LogP contribution in [0, 0.1) is 46.3 Å². The first kappa shape index (κ1) is 20.2. The van der Waals surface area contributed by atoms with Crippen LogP contribution in [0.4, 0.5) is 0 Å². The maximum Gasteiger partial charge on any atom is 0.122 e. The number of hydrogen-bond acceptors (Lipinski definition) is 3. The molecule has 0 radical (unpaired) electrons. The van der Waals surface area contributed by atoms with E-state index in [1.807, 2.05) is 0 Å². The molecule has 3 saturated carbocycles. The Balaban J connectivity index is 1.28. The minimum atomic E-state index is -0.100. The molecule has 6 aliphatic rings. The van der Waals surface area contributed by atoms with Crippen LogP contribution in [0.3, 0.4) is 0 Å². The van der Waals surface area contributed by atoms with Gasteiger partial charge >= 0.3 is 0 Å².